The average molecular weight is 381 g/mol. The van der Waals surface area contributed by atoms with Crippen molar-refractivity contribution in [2.45, 2.75) is 68.6 Å². The summed E-state index contributed by atoms with van der Waals surface area (Å²) in [6.07, 6.45) is -12.7. The molecule has 150 valence electrons. The molecular formula is C14H23NO11. The van der Waals surface area contributed by atoms with Gasteiger partial charge in [-0.3, -0.25) is 4.79 Å². The third kappa shape index (κ3) is 4.47. The van der Waals surface area contributed by atoms with E-state index in [-0.39, 0.29) is 6.42 Å². The maximum Gasteiger partial charge on any atom is 0.335 e. The van der Waals surface area contributed by atoms with Crippen molar-refractivity contribution in [2.75, 3.05) is 6.61 Å². The van der Waals surface area contributed by atoms with Crippen LogP contribution in [0.3, 0.4) is 0 Å². The minimum Gasteiger partial charge on any atom is -0.479 e. The number of aliphatic hydroxyl groups excluding tert-OH is 5. The molecule has 0 aromatic carbocycles. The van der Waals surface area contributed by atoms with Crippen molar-refractivity contribution in [3.8, 4) is 0 Å². The second-order valence-corrected chi connectivity index (χ2v) is 6.20. The number of nitrogens with one attached hydrogen (secondary N) is 1. The Labute approximate surface area is 147 Å². The van der Waals surface area contributed by atoms with E-state index >= 15 is 0 Å². The Hall–Kier alpha value is -1.38. The van der Waals surface area contributed by atoms with Gasteiger partial charge in [0.05, 0.1) is 18.8 Å². The van der Waals surface area contributed by atoms with E-state index in [1.165, 1.54) is 6.92 Å². The van der Waals surface area contributed by atoms with Crippen molar-refractivity contribution in [1.29, 1.82) is 0 Å². The van der Waals surface area contributed by atoms with Gasteiger partial charge in [0.2, 0.25) is 5.91 Å². The fourth-order valence-electron chi connectivity index (χ4n) is 2.92. The van der Waals surface area contributed by atoms with Crippen molar-refractivity contribution in [1.82, 2.24) is 5.32 Å². The van der Waals surface area contributed by atoms with Crippen LogP contribution in [-0.4, -0.2) is 104 Å². The SMILES string of the molecule is CC(=O)N[C@@H]1C[C@H](O)[C@@H](CO)O[C@H]1O[C@H]1[C@H](O)[C@@H](O)[C@H](O)O[C@@H]1C(=O)O. The summed E-state index contributed by atoms with van der Waals surface area (Å²) in [5.41, 5.74) is 0. The molecule has 2 saturated heterocycles. The van der Waals surface area contributed by atoms with Crippen molar-refractivity contribution >= 4 is 11.9 Å². The molecule has 0 aromatic rings. The zero-order chi connectivity index (χ0) is 19.6. The molecular weight excluding hydrogens is 358 g/mol. The van der Waals surface area contributed by atoms with E-state index in [4.69, 9.17) is 14.2 Å². The molecule has 2 aliphatic heterocycles. The highest BCUT2D eigenvalue weighted by Gasteiger charge is 2.50. The molecule has 12 nitrogen and oxygen atoms in total. The fraction of sp³-hybridized carbons (Fsp3) is 0.857. The van der Waals surface area contributed by atoms with Gasteiger partial charge in [0.15, 0.2) is 18.7 Å². The lowest BCUT2D eigenvalue weighted by Crippen LogP contribution is -2.64. The lowest BCUT2D eigenvalue weighted by molar-refractivity contribution is -0.327. The third-order valence-electron chi connectivity index (χ3n) is 4.23. The van der Waals surface area contributed by atoms with Crippen molar-refractivity contribution in [2.24, 2.45) is 0 Å². The zero-order valence-electron chi connectivity index (χ0n) is 13.8. The number of hydrogen-bond donors (Lipinski definition) is 7. The van der Waals surface area contributed by atoms with Gasteiger partial charge in [-0.25, -0.2) is 4.79 Å². The highest BCUT2D eigenvalue weighted by Crippen LogP contribution is 2.28. The van der Waals surface area contributed by atoms with Gasteiger partial charge >= 0.3 is 5.97 Å². The van der Waals surface area contributed by atoms with Crippen molar-refractivity contribution in [3.05, 3.63) is 0 Å². The topological polar surface area (TPSA) is 195 Å². The molecule has 0 bridgehead atoms. The predicted octanol–water partition coefficient (Wildman–Crippen LogP) is -4.13. The Morgan fingerprint density at radius 1 is 1.15 bits per heavy atom. The maximum absolute atomic E-state index is 11.3. The van der Waals surface area contributed by atoms with Gasteiger partial charge in [0.25, 0.3) is 0 Å². The highest BCUT2D eigenvalue weighted by atomic mass is 16.7. The summed E-state index contributed by atoms with van der Waals surface area (Å²) in [5, 5.41) is 60.1. The summed E-state index contributed by atoms with van der Waals surface area (Å²) in [4.78, 5) is 22.7. The van der Waals surface area contributed by atoms with E-state index in [0.717, 1.165) is 0 Å². The van der Waals surface area contributed by atoms with Crippen LogP contribution in [0.2, 0.25) is 0 Å². The smallest absolute Gasteiger partial charge is 0.335 e. The largest absolute Gasteiger partial charge is 0.479 e. The van der Waals surface area contributed by atoms with E-state index < -0.39 is 73.7 Å². The van der Waals surface area contributed by atoms with E-state index in [2.05, 4.69) is 5.32 Å². The van der Waals surface area contributed by atoms with Crippen LogP contribution in [0.4, 0.5) is 0 Å². The summed E-state index contributed by atoms with van der Waals surface area (Å²) in [5.74, 6) is -2.04. The van der Waals surface area contributed by atoms with Crippen LogP contribution in [0.25, 0.3) is 0 Å². The monoisotopic (exact) mass is 381 g/mol. The van der Waals surface area contributed by atoms with Crippen LogP contribution in [0.5, 0.6) is 0 Å². The molecule has 26 heavy (non-hydrogen) atoms. The lowest BCUT2D eigenvalue weighted by Gasteiger charge is -2.44. The number of aliphatic hydroxyl groups is 5. The van der Waals surface area contributed by atoms with E-state index in [0.29, 0.717) is 0 Å². The summed E-state index contributed by atoms with van der Waals surface area (Å²) >= 11 is 0. The molecule has 2 aliphatic rings. The van der Waals surface area contributed by atoms with Crippen LogP contribution in [-0.2, 0) is 23.8 Å². The molecule has 2 fully saturated rings. The molecule has 2 heterocycles. The van der Waals surface area contributed by atoms with Crippen LogP contribution >= 0.6 is 0 Å². The standard InChI is InChI=1S/C14H23NO11/c1-4(17)15-5-2-6(18)7(3-16)24-14(5)26-10-8(19)9(20)13(23)25-11(10)12(21)22/h5-11,13-14,16,18-20,23H,2-3H2,1H3,(H,15,17)(H,21,22)/t5-,6+,7-,8-,9-,10+,11+,13-,14+/m1/s1. The van der Waals surface area contributed by atoms with Gasteiger partial charge < -0.3 is 50.2 Å². The first-order chi connectivity index (χ1) is 12.1. The van der Waals surface area contributed by atoms with Gasteiger partial charge in [0.1, 0.15) is 24.4 Å². The lowest BCUT2D eigenvalue weighted by atomic mass is 9.97. The normalized spacial score (nSPS) is 43.7. The summed E-state index contributed by atoms with van der Waals surface area (Å²) in [6, 6.07) is -0.920. The molecule has 12 heteroatoms. The minimum absolute atomic E-state index is 0.0674. The molecule has 0 saturated carbocycles. The first-order valence-electron chi connectivity index (χ1n) is 7.95. The van der Waals surface area contributed by atoms with E-state index in [1.54, 1.807) is 0 Å². The number of carboxylic acid groups (broad SMARTS) is 1. The van der Waals surface area contributed by atoms with Gasteiger partial charge in [0, 0.05) is 13.3 Å². The Morgan fingerprint density at radius 2 is 1.81 bits per heavy atom. The van der Waals surface area contributed by atoms with Crippen LogP contribution in [0.15, 0.2) is 0 Å². The minimum atomic E-state index is -1.93. The molecule has 9 atom stereocenters. The number of carbonyl (C=O) groups is 2. The molecule has 2 rings (SSSR count). The number of ether oxygens (including phenoxy) is 3. The molecule has 0 spiro atoms. The number of carbonyl (C=O) groups excluding carboxylic acids is 1. The Morgan fingerprint density at radius 3 is 2.35 bits per heavy atom. The van der Waals surface area contributed by atoms with E-state index in [1.807, 2.05) is 0 Å². The second kappa shape index (κ2) is 8.54. The fourth-order valence-corrected chi connectivity index (χ4v) is 2.92. The van der Waals surface area contributed by atoms with Crippen LogP contribution in [0, 0.1) is 0 Å². The Kier molecular flexibility index (Phi) is 6.87. The molecule has 0 aromatic heterocycles. The first-order valence-corrected chi connectivity index (χ1v) is 7.95. The highest BCUT2D eigenvalue weighted by molar-refractivity contribution is 5.74. The number of amides is 1. The van der Waals surface area contributed by atoms with Gasteiger partial charge in [-0.2, -0.15) is 0 Å². The predicted molar refractivity (Wildman–Crippen MR) is 79.4 cm³/mol. The second-order valence-electron chi connectivity index (χ2n) is 6.20. The van der Waals surface area contributed by atoms with Crippen LogP contribution in [0.1, 0.15) is 13.3 Å². The molecule has 0 radical (unpaired) electrons. The summed E-state index contributed by atoms with van der Waals surface area (Å²) in [6.45, 7) is 0.640. The number of carboxylic acids is 1. The van der Waals surface area contributed by atoms with Crippen molar-refractivity contribution < 1.29 is 54.4 Å². The number of aliphatic carboxylic acids is 1. The van der Waals surface area contributed by atoms with E-state index in [9.17, 15) is 40.2 Å². The van der Waals surface area contributed by atoms with Crippen LogP contribution < -0.4 is 5.32 Å². The number of rotatable bonds is 5. The van der Waals surface area contributed by atoms with Gasteiger partial charge in [-0.15, -0.1) is 0 Å². The summed E-state index contributed by atoms with van der Waals surface area (Å²) in [7, 11) is 0. The quantitative estimate of drug-likeness (QED) is 0.244. The van der Waals surface area contributed by atoms with Gasteiger partial charge in [-0.1, -0.05) is 0 Å². The maximum atomic E-state index is 11.3. The van der Waals surface area contributed by atoms with Crippen molar-refractivity contribution in [3.63, 3.8) is 0 Å². The number of hydrogen-bond acceptors (Lipinski definition) is 10. The van der Waals surface area contributed by atoms with Gasteiger partial charge in [-0.05, 0) is 0 Å². The first kappa shape index (κ1) is 20.9. The Bertz CT molecular complexity index is 517. The molecule has 0 aliphatic carbocycles. The summed E-state index contributed by atoms with van der Waals surface area (Å²) < 4.78 is 15.6. The zero-order valence-corrected chi connectivity index (χ0v) is 13.8. The molecule has 1 amide bonds. The molecule has 7 N–H and O–H groups in total. The Balaban J connectivity index is 2.21. The third-order valence-corrected chi connectivity index (χ3v) is 4.23. The molecule has 0 unspecified atom stereocenters. The average Bonchev–Trinajstić information content (AvgIpc) is 2.56.